The molecule has 0 amide bonds. The molecule has 0 bridgehead atoms. The van der Waals surface area contributed by atoms with Gasteiger partial charge in [-0.25, -0.2) is 19.2 Å². The maximum atomic E-state index is 12.2. The second kappa shape index (κ2) is 6.39. The summed E-state index contributed by atoms with van der Waals surface area (Å²) in [6.45, 7) is 0. The molecule has 0 unspecified atom stereocenters. The topological polar surface area (TPSA) is 149 Å². The summed E-state index contributed by atoms with van der Waals surface area (Å²) in [4.78, 5) is 48.0. The monoisotopic (exact) mass is 428 g/mol. The highest BCUT2D eigenvalue weighted by Gasteiger charge is 2.27. The van der Waals surface area contributed by atoms with Crippen LogP contribution in [-0.4, -0.2) is 44.3 Å². The van der Waals surface area contributed by atoms with E-state index in [9.17, 15) is 39.6 Å². The molecule has 5 aromatic rings. The van der Waals surface area contributed by atoms with Gasteiger partial charge in [0.05, 0.1) is 22.3 Å². The van der Waals surface area contributed by atoms with Crippen LogP contribution >= 0.6 is 0 Å². The van der Waals surface area contributed by atoms with Crippen molar-refractivity contribution in [2.75, 3.05) is 0 Å². The molecule has 0 saturated heterocycles. The van der Waals surface area contributed by atoms with Gasteiger partial charge in [0.1, 0.15) is 0 Å². The van der Waals surface area contributed by atoms with Crippen LogP contribution in [-0.2, 0) is 0 Å². The summed E-state index contributed by atoms with van der Waals surface area (Å²) in [5.74, 6) is -5.68. The van der Waals surface area contributed by atoms with Crippen molar-refractivity contribution in [2.24, 2.45) is 0 Å². The molecule has 156 valence electrons. The second-order valence-corrected chi connectivity index (χ2v) is 7.37. The number of aromatic carboxylic acids is 4. The molecule has 0 atom stereocenters. The van der Waals surface area contributed by atoms with E-state index in [1.54, 1.807) is 24.3 Å². The fraction of sp³-hybridized carbons (Fsp3) is 0. The zero-order valence-corrected chi connectivity index (χ0v) is 16.0. The number of hydrogen-bond donors (Lipinski definition) is 4. The fourth-order valence-corrected chi connectivity index (χ4v) is 4.65. The van der Waals surface area contributed by atoms with E-state index in [1.165, 1.54) is 24.3 Å². The molecule has 0 fully saturated rings. The summed E-state index contributed by atoms with van der Waals surface area (Å²) in [5.41, 5.74) is -1.61. The molecule has 0 aliphatic rings. The van der Waals surface area contributed by atoms with Crippen LogP contribution < -0.4 is 0 Å². The Labute approximate surface area is 177 Å². The predicted molar refractivity (Wildman–Crippen MR) is 115 cm³/mol. The fourth-order valence-electron chi connectivity index (χ4n) is 4.65. The molecule has 4 N–H and O–H groups in total. The first-order valence-corrected chi connectivity index (χ1v) is 9.35. The predicted octanol–water partition coefficient (Wildman–Crippen LogP) is 4.53. The molecule has 0 spiro atoms. The highest BCUT2D eigenvalue weighted by atomic mass is 16.4. The van der Waals surface area contributed by atoms with Gasteiger partial charge in [-0.3, -0.25) is 0 Å². The van der Waals surface area contributed by atoms with Crippen LogP contribution in [0, 0.1) is 0 Å². The molecule has 8 heteroatoms. The van der Waals surface area contributed by atoms with E-state index in [-0.39, 0.29) is 10.8 Å². The number of carboxylic acids is 4. The van der Waals surface area contributed by atoms with Gasteiger partial charge in [-0.05, 0) is 49.8 Å². The highest BCUT2D eigenvalue weighted by Crippen LogP contribution is 2.44. The summed E-state index contributed by atoms with van der Waals surface area (Å²) < 4.78 is 0. The lowest BCUT2D eigenvalue weighted by Crippen LogP contribution is -2.11. The van der Waals surface area contributed by atoms with Gasteiger partial charge in [0.2, 0.25) is 0 Å². The lowest BCUT2D eigenvalue weighted by molar-refractivity contribution is 0.0653. The van der Waals surface area contributed by atoms with E-state index in [0.29, 0.717) is 32.3 Å². The number of benzene rings is 5. The number of carbonyl (C=O) groups is 4. The standard InChI is InChI=1S/C24H12O8/c25-21(26)14-7-9-3-1-4-10-13-8-15(22(27)28)18(23(29)30)11-5-2-6-12(17(11)13)19(16(9)10)20(14)24(31)32/h1-8H,(H,25,26)(H,27,28)(H,29,30)(H,31,32). The van der Waals surface area contributed by atoms with Crippen LogP contribution in [0.15, 0.2) is 48.5 Å². The Morgan fingerprint density at radius 3 is 1.69 bits per heavy atom. The molecule has 5 rings (SSSR count). The van der Waals surface area contributed by atoms with E-state index in [0.717, 1.165) is 0 Å². The van der Waals surface area contributed by atoms with Crippen molar-refractivity contribution in [1.29, 1.82) is 0 Å². The number of hydrogen-bond acceptors (Lipinski definition) is 4. The molecule has 0 radical (unpaired) electrons. The Morgan fingerprint density at radius 1 is 0.500 bits per heavy atom. The van der Waals surface area contributed by atoms with Crippen molar-refractivity contribution in [3.63, 3.8) is 0 Å². The molecular formula is C24H12O8. The van der Waals surface area contributed by atoms with Gasteiger partial charge < -0.3 is 20.4 Å². The Morgan fingerprint density at radius 2 is 1.06 bits per heavy atom. The van der Waals surface area contributed by atoms with E-state index in [1.807, 2.05) is 0 Å². The van der Waals surface area contributed by atoms with Crippen molar-refractivity contribution in [1.82, 2.24) is 0 Å². The molecule has 0 saturated carbocycles. The second-order valence-electron chi connectivity index (χ2n) is 7.37. The van der Waals surface area contributed by atoms with E-state index in [4.69, 9.17) is 0 Å². The Kier molecular flexibility index (Phi) is 3.84. The third-order valence-electron chi connectivity index (χ3n) is 5.78. The zero-order valence-electron chi connectivity index (χ0n) is 16.0. The average Bonchev–Trinajstić information content (AvgIpc) is 2.75. The summed E-state index contributed by atoms with van der Waals surface area (Å²) in [6.07, 6.45) is 0. The summed E-state index contributed by atoms with van der Waals surface area (Å²) in [6, 6.07) is 12.1. The minimum atomic E-state index is -1.44. The third-order valence-corrected chi connectivity index (χ3v) is 5.78. The number of carboxylic acid groups (broad SMARTS) is 4. The molecular weight excluding hydrogens is 416 g/mol. The number of fused-ring (bicyclic) bond motifs is 2. The van der Waals surface area contributed by atoms with Gasteiger partial charge in [-0.15, -0.1) is 0 Å². The van der Waals surface area contributed by atoms with Crippen LogP contribution in [0.25, 0.3) is 43.1 Å². The summed E-state index contributed by atoms with van der Waals surface area (Å²) >= 11 is 0. The Bertz CT molecular complexity index is 1670. The first-order chi connectivity index (χ1) is 15.2. The molecule has 0 aliphatic heterocycles. The zero-order chi connectivity index (χ0) is 22.9. The number of rotatable bonds is 4. The van der Waals surface area contributed by atoms with E-state index in [2.05, 4.69) is 0 Å². The first kappa shape index (κ1) is 19.3. The van der Waals surface area contributed by atoms with Crippen molar-refractivity contribution in [3.8, 4) is 0 Å². The molecule has 0 aliphatic carbocycles. The minimum absolute atomic E-state index is 0.129. The van der Waals surface area contributed by atoms with Crippen molar-refractivity contribution >= 4 is 67.0 Å². The van der Waals surface area contributed by atoms with Gasteiger partial charge in [0.25, 0.3) is 0 Å². The van der Waals surface area contributed by atoms with Crippen molar-refractivity contribution in [2.45, 2.75) is 0 Å². The quantitative estimate of drug-likeness (QED) is 0.241. The normalized spacial score (nSPS) is 11.5. The molecule has 0 heterocycles. The Hall–Kier alpha value is -4.72. The van der Waals surface area contributed by atoms with Crippen molar-refractivity contribution in [3.05, 3.63) is 70.8 Å². The van der Waals surface area contributed by atoms with E-state index >= 15 is 0 Å². The van der Waals surface area contributed by atoms with Crippen LogP contribution in [0.4, 0.5) is 0 Å². The summed E-state index contributed by atoms with van der Waals surface area (Å²) in [7, 11) is 0. The average molecular weight is 428 g/mol. The minimum Gasteiger partial charge on any atom is -0.478 e. The molecule has 8 nitrogen and oxygen atoms in total. The van der Waals surface area contributed by atoms with Gasteiger partial charge in [0.15, 0.2) is 0 Å². The molecule has 5 aromatic carbocycles. The lowest BCUT2D eigenvalue weighted by Gasteiger charge is -2.19. The SMILES string of the molecule is O=C(O)c1cc2c3cccc4cc(C(=O)O)c(C(=O)O)c(c5cccc(c1C(=O)O)c25)c43. The highest BCUT2D eigenvalue weighted by molar-refractivity contribution is 6.38. The lowest BCUT2D eigenvalue weighted by atomic mass is 9.83. The van der Waals surface area contributed by atoms with Gasteiger partial charge >= 0.3 is 23.9 Å². The largest absolute Gasteiger partial charge is 0.478 e. The Balaban J connectivity index is 2.23. The van der Waals surface area contributed by atoms with Crippen LogP contribution in [0.2, 0.25) is 0 Å². The first-order valence-electron chi connectivity index (χ1n) is 9.35. The summed E-state index contributed by atoms with van der Waals surface area (Å²) in [5, 5.41) is 41.9. The maximum Gasteiger partial charge on any atom is 0.337 e. The van der Waals surface area contributed by atoms with E-state index < -0.39 is 46.1 Å². The third kappa shape index (κ3) is 2.37. The van der Waals surface area contributed by atoms with Gasteiger partial charge in [0, 0.05) is 5.39 Å². The van der Waals surface area contributed by atoms with Crippen LogP contribution in [0.3, 0.4) is 0 Å². The van der Waals surface area contributed by atoms with Crippen molar-refractivity contribution < 1.29 is 39.6 Å². The molecule has 32 heavy (non-hydrogen) atoms. The molecule has 0 aromatic heterocycles. The maximum absolute atomic E-state index is 12.2. The van der Waals surface area contributed by atoms with Gasteiger partial charge in [-0.1, -0.05) is 36.4 Å². The van der Waals surface area contributed by atoms with Crippen LogP contribution in [0.1, 0.15) is 41.4 Å². The smallest absolute Gasteiger partial charge is 0.337 e. The van der Waals surface area contributed by atoms with Gasteiger partial charge in [-0.2, -0.15) is 0 Å². The van der Waals surface area contributed by atoms with Crippen LogP contribution in [0.5, 0.6) is 0 Å².